The summed E-state index contributed by atoms with van der Waals surface area (Å²) in [5.74, 6) is -0.323. The molecule has 37 heavy (non-hydrogen) atoms. The summed E-state index contributed by atoms with van der Waals surface area (Å²) in [6.45, 7) is 4.43. The molecule has 0 fully saturated rings. The third-order valence-electron chi connectivity index (χ3n) is 6.58. The summed E-state index contributed by atoms with van der Waals surface area (Å²) in [6, 6.07) is -0.668. The van der Waals surface area contributed by atoms with E-state index in [1.165, 1.54) is 71.1 Å². The predicted octanol–water partition coefficient (Wildman–Crippen LogP) is 6.50. The van der Waals surface area contributed by atoms with Gasteiger partial charge in [-0.15, -0.1) is 0 Å². The van der Waals surface area contributed by atoms with Gasteiger partial charge >= 0.3 is 0 Å². The fraction of sp³-hybridized carbons (Fsp3) is 0.862. The SMILES string of the molecule is CCCCCCCCCCCCCCCC(=O)CC(CC(=O)P(O)C(=O)CCCCN(C)C)NC(C)=O. The van der Waals surface area contributed by atoms with Crippen LogP contribution in [0.1, 0.15) is 136 Å². The van der Waals surface area contributed by atoms with Gasteiger partial charge in [0.1, 0.15) is 5.78 Å². The first-order valence-electron chi connectivity index (χ1n) is 14.7. The normalized spacial score (nSPS) is 12.9. The quantitative estimate of drug-likeness (QED) is 0.0956. The molecule has 0 aromatic heterocycles. The molecule has 8 heteroatoms. The molecule has 0 aliphatic heterocycles. The van der Waals surface area contributed by atoms with Crippen LogP contribution in [-0.2, 0) is 19.2 Å². The number of amides is 1. The van der Waals surface area contributed by atoms with Gasteiger partial charge in [-0.1, -0.05) is 84.0 Å². The van der Waals surface area contributed by atoms with Gasteiger partial charge in [-0.05, 0) is 39.9 Å². The van der Waals surface area contributed by atoms with Gasteiger partial charge in [-0.2, -0.15) is 0 Å². The number of Topliss-reactive ketones (excluding diaryl/α,β-unsaturated/α-hetero) is 1. The minimum Gasteiger partial charge on any atom is -0.360 e. The van der Waals surface area contributed by atoms with Crippen LogP contribution in [0.25, 0.3) is 0 Å². The van der Waals surface area contributed by atoms with Crippen molar-refractivity contribution in [3.63, 3.8) is 0 Å². The third kappa shape index (κ3) is 22.5. The topological polar surface area (TPSA) is 104 Å². The molecule has 216 valence electrons. The molecule has 0 aliphatic carbocycles. The molecule has 7 nitrogen and oxygen atoms in total. The van der Waals surface area contributed by atoms with Crippen molar-refractivity contribution in [3.8, 4) is 0 Å². The van der Waals surface area contributed by atoms with Crippen LogP contribution in [0.15, 0.2) is 0 Å². The Kier molecular flexibility index (Phi) is 23.2. The molecule has 0 aromatic carbocycles. The average molecular weight is 543 g/mol. The molecular formula is C29H55N2O5P. The van der Waals surface area contributed by atoms with Crippen molar-refractivity contribution in [2.24, 2.45) is 0 Å². The molecule has 0 radical (unpaired) electrons. The standard InChI is InChI=1S/C29H55N2O5P/c1-5-6-7-8-9-10-11-12-13-14-15-16-17-20-27(33)23-26(30-25(2)32)24-29(35)37(36)28(34)21-18-19-22-31(3)4/h26,36H,5-24H2,1-4H3,(H,30,32). The highest BCUT2D eigenvalue weighted by Crippen LogP contribution is 2.36. The molecule has 0 spiro atoms. The molecular weight excluding hydrogens is 487 g/mol. The monoisotopic (exact) mass is 542 g/mol. The Bertz CT molecular complexity index is 642. The van der Waals surface area contributed by atoms with Crippen molar-refractivity contribution < 1.29 is 24.1 Å². The number of hydrogen-bond donors (Lipinski definition) is 2. The Labute approximate surface area is 227 Å². The molecule has 0 heterocycles. The van der Waals surface area contributed by atoms with Gasteiger partial charge in [0.25, 0.3) is 0 Å². The molecule has 2 atom stereocenters. The van der Waals surface area contributed by atoms with Crippen molar-refractivity contribution in [2.45, 2.75) is 142 Å². The Morgan fingerprint density at radius 2 is 1.19 bits per heavy atom. The van der Waals surface area contributed by atoms with Crippen LogP contribution in [0.3, 0.4) is 0 Å². The van der Waals surface area contributed by atoms with E-state index in [9.17, 15) is 24.1 Å². The van der Waals surface area contributed by atoms with Crippen LogP contribution < -0.4 is 5.32 Å². The lowest BCUT2D eigenvalue weighted by atomic mass is 10.0. The Morgan fingerprint density at radius 1 is 0.703 bits per heavy atom. The second-order valence-corrected chi connectivity index (χ2v) is 12.3. The van der Waals surface area contributed by atoms with E-state index in [-0.39, 0.29) is 31.0 Å². The zero-order valence-electron chi connectivity index (χ0n) is 24.2. The highest BCUT2D eigenvalue weighted by molar-refractivity contribution is 7.84. The van der Waals surface area contributed by atoms with E-state index in [0.717, 1.165) is 32.2 Å². The molecule has 0 aromatic rings. The number of rotatable bonds is 26. The number of unbranched alkanes of at least 4 members (excludes halogenated alkanes) is 13. The van der Waals surface area contributed by atoms with Gasteiger partial charge < -0.3 is 15.1 Å². The molecule has 2 unspecified atom stereocenters. The molecule has 1 amide bonds. The number of carbonyl (C=O) groups is 4. The minimum atomic E-state index is -2.40. The largest absolute Gasteiger partial charge is 0.360 e. The average Bonchev–Trinajstić information content (AvgIpc) is 2.83. The van der Waals surface area contributed by atoms with E-state index in [4.69, 9.17) is 0 Å². The second-order valence-electron chi connectivity index (χ2n) is 10.7. The molecule has 0 bridgehead atoms. The van der Waals surface area contributed by atoms with Crippen LogP contribution in [0.4, 0.5) is 0 Å². The number of hydrogen-bond acceptors (Lipinski definition) is 6. The van der Waals surface area contributed by atoms with Crippen molar-refractivity contribution in [1.29, 1.82) is 0 Å². The van der Waals surface area contributed by atoms with Crippen LogP contribution in [-0.4, -0.2) is 59.2 Å². The summed E-state index contributed by atoms with van der Waals surface area (Å²) >= 11 is 0. The van der Waals surface area contributed by atoms with Crippen molar-refractivity contribution in [1.82, 2.24) is 10.2 Å². The Balaban J connectivity index is 4.11. The van der Waals surface area contributed by atoms with E-state index in [1.807, 2.05) is 19.0 Å². The summed E-state index contributed by atoms with van der Waals surface area (Å²) < 4.78 is 0. The third-order valence-corrected chi connectivity index (χ3v) is 7.93. The van der Waals surface area contributed by atoms with Crippen LogP contribution in [0.5, 0.6) is 0 Å². The molecule has 0 aliphatic rings. The maximum absolute atomic E-state index is 12.5. The predicted molar refractivity (Wildman–Crippen MR) is 154 cm³/mol. The van der Waals surface area contributed by atoms with E-state index < -0.39 is 25.2 Å². The zero-order valence-corrected chi connectivity index (χ0v) is 25.1. The summed E-state index contributed by atoms with van der Waals surface area (Å²) in [5.41, 5.74) is -1.00. The maximum atomic E-state index is 12.5. The highest BCUT2D eigenvalue weighted by Gasteiger charge is 2.27. The summed E-state index contributed by atoms with van der Waals surface area (Å²) in [7, 11) is 1.50. The van der Waals surface area contributed by atoms with Crippen LogP contribution in [0, 0.1) is 0 Å². The molecule has 0 saturated heterocycles. The fourth-order valence-electron chi connectivity index (χ4n) is 4.43. The lowest BCUT2D eigenvalue weighted by Gasteiger charge is -2.18. The molecule has 0 saturated carbocycles. The van der Waals surface area contributed by atoms with Crippen molar-refractivity contribution in [3.05, 3.63) is 0 Å². The number of carbonyl (C=O) groups excluding carboxylic acids is 4. The summed E-state index contributed by atoms with van der Waals surface area (Å²) in [5, 5.41) is 2.65. The first kappa shape index (κ1) is 35.8. The highest BCUT2D eigenvalue weighted by atomic mass is 31.1. The first-order valence-corrected chi connectivity index (χ1v) is 15.9. The number of ketones is 1. The number of nitrogens with zero attached hydrogens (tertiary/aromatic N) is 1. The van der Waals surface area contributed by atoms with Gasteiger partial charge in [-0.3, -0.25) is 19.2 Å². The van der Waals surface area contributed by atoms with E-state index in [2.05, 4.69) is 12.2 Å². The van der Waals surface area contributed by atoms with Crippen molar-refractivity contribution >= 4 is 30.9 Å². The Morgan fingerprint density at radius 3 is 1.68 bits per heavy atom. The fourth-order valence-corrected chi connectivity index (χ4v) is 5.47. The zero-order chi connectivity index (χ0) is 27.9. The van der Waals surface area contributed by atoms with Gasteiger partial charge in [0.2, 0.25) is 5.91 Å². The second kappa shape index (κ2) is 23.9. The van der Waals surface area contributed by atoms with Crippen LogP contribution in [0.2, 0.25) is 0 Å². The lowest BCUT2D eigenvalue weighted by Crippen LogP contribution is -2.36. The lowest BCUT2D eigenvalue weighted by molar-refractivity contribution is -0.122. The maximum Gasteiger partial charge on any atom is 0.217 e. The van der Waals surface area contributed by atoms with E-state index >= 15 is 0 Å². The number of nitrogens with one attached hydrogen (secondary N) is 1. The van der Waals surface area contributed by atoms with E-state index in [0.29, 0.717) is 12.8 Å². The van der Waals surface area contributed by atoms with Crippen molar-refractivity contribution in [2.75, 3.05) is 20.6 Å². The first-order chi connectivity index (χ1) is 17.7. The summed E-state index contributed by atoms with van der Waals surface area (Å²) in [4.78, 5) is 60.9. The van der Waals surface area contributed by atoms with Gasteiger partial charge in [-0.25, -0.2) is 0 Å². The van der Waals surface area contributed by atoms with Gasteiger partial charge in [0, 0.05) is 38.6 Å². The van der Waals surface area contributed by atoms with Gasteiger partial charge in [0.05, 0.1) is 0 Å². The smallest absolute Gasteiger partial charge is 0.217 e. The Hall–Kier alpha value is -1.17. The summed E-state index contributed by atoms with van der Waals surface area (Å²) in [6.07, 6.45) is 18.1. The van der Waals surface area contributed by atoms with Crippen LogP contribution >= 0.6 is 8.15 Å². The molecule has 0 rings (SSSR count). The minimum absolute atomic E-state index is 0.00639. The molecule has 2 N–H and O–H groups in total. The van der Waals surface area contributed by atoms with Gasteiger partial charge in [0.15, 0.2) is 19.2 Å². The van der Waals surface area contributed by atoms with E-state index in [1.54, 1.807) is 0 Å².